The van der Waals surface area contributed by atoms with Gasteiger partial charge in [0.2, 0.25) is 0 Å². The fraction of sp³-hybridized carbons (Fsp3) is 0. The number of benzene rings is 1. The third-order valence-corrected chi connectivity index (χ3v) is 1.74. The molecule has 4 nitrogen and oxygen atoms in total. The van der Waals surface area contributed by atoms with Crippen molar-refractivity contribution in [3.8, 4) is 0 Å². The quantitative estimate of drug-likeness (QED) is 0.496. The number of carbonyl (C=O) groups is 1. The molecule has 2 N–H and O–H groups in total. The number of rotatable bonds is 1. The Bertz CT molecular complexity index is 327. The van der Waals surface area contributed by atoms with Crippen LogP contribution in [0.25, 0.3) is 0 Å². The number of carbonyl (C=O) groups excluding carboxylic acids is 1. The molecule has 2 heterocycles. The summed E-state index contributed by atoms with van der Waals surface area (Å²) in [4.78, 5) is 12.7. The van der Waals surface area contributed by atoms with Gasteiger partial charge in [-0.3, -0.25) is 9.69 Å². The molecular weight excluding hydrogens is 181 g/mol. The van der Waals surface area contributed by atoms with Crippen LogP contribution in [0.15, 0.2) is 36.9 Å². The minimum Gasteiger partial charge on any atom is -0.429 e. The first kappa shape index (κ1) is 10.5. The van der Waals surface area contributed by atoms with Gasteiger partial charge in [0.25, 0.3) is 5.91 Å². The molecule has 5 heteroatoms. The van der Waals surface area contributed by atoms with Crippen LogP contribution >= 0.6 is 0 Å². The molecule has 71 valence electrons. The third-order valence-electron chi connectivity index (χ3n) is 1.74. The number of fused-ring (bicyclic) bond motifs is 2. The largest absolute Gasteiger partial charge is 0.482 e. The first-order valence-electron chi connectivity index (χ1n) is 3.91. The lowest BCUT2D eigenvalue weighted by Gasteiger charge is -2.29. The van der Waals surface area contributed by atoms with E-state index >= 15 is 0 Å². The molecule has 2 aliphatic heterocycles. The molecule has 0 aliphatic carbocycles. The van der Waals surface area contributed by atoms with Crippen LogP contribution in [0.5, 0.6) is 0 Å². The Kier molecular flexibility index (Phi) is 3.44. The summed E-state index contributed by atoms with van der Waals surface area (Å²) in [5.41, 5.74) is 1.90. The van der Waals surface area contributed by atoms with Gasteiger partial charge in [-0.25, -0.2) is 0 Å². The van der Waals surface area contributed by atoms with Gasteiger partial charge in [0.05, 0.1) is 11.4 Å². The Hall–Kier alpha value is -1.59. The van der Waals surface area contributed by atoms with Crippen molar-refractivity contribution in [3.05, 3.63) is 36.9 Å². The molecule has 2 aliphatic rings. The number of nitrogens with zero attached hydrogens (tertiary/aromatic N) is 1. The van der Waals surface area contributed by atoms with E-state index in [1.165, 1.54) is 6.08 Å². The van der Waals surface area contributed by atoms with E-state index in [2.05, 4.69) is 6.58 Å². The van der Waals surface area contributed by atoms with Crippen LogP contribution in [0.2, 0.25) is 0 Å². The van der Waals surface area contributed by atoms with Crippen LogP contribution in [-0.2, 0) is 4.79 Å². The Morgan fingerprint density at radius 3 is 2.29 bits per heavy atom. The van der Waals surface area contributed by atoms with Crippen molar-refractivity contribution in [1.29, 1.82) is 0 Å². The van der Waals surface area contributed by atoms with Crippen molar-refractivity contribution in [2.24, 2.45) is 0 Å². The van der Waals surface area contributed by atoms with E-state index < -0.39 is 0 Å². The highest BCUT2D eigenvalue weighted by atomic mass is 16.4. The highest BCUT2D eigenvalue weighted by Crippen LogP contribution is 2.36. The molecule has 14 heavy (non-hydrogen) atoms. The minimum absolute atomic E-state index is 0. The summed E-state index contributed by atoms with van der Waals surface area (Å²) in [7, 11) is 0. The Labute approximate surface area is 82.4 Å². The van der Waals surface area contributed by atoms with Gasteiger partial charge >= 0.3 is 7.69 Å². The lowest BCUT2D eigenvalue weighted by atomic mass is 10.1. The standard InChI is InChI=1S/C9H7NO.BH2O2/c1-2-9(11)10-7-4-3-5-8(10)6-7;2-1-3/h2-6H,1H2;2-3H. The van der Waals surface area contributed by atoms with E-state index in [4.69, 9.17) is 10.0 Å². The zero-order valence-corrected chi connectivity index (χ0v) is 7.42. The molecule has 0 aromatic heterocycles. The Balaban J connectivity index is 0.000000293. The van der Waals surface area contributed by atoms with E-state index in [1.54, 1.807) is 4.90 Å². The van der Waals surface area contributed by atoms with Gasteiger partial charge in [0, 0.05) is 0 Å². The second-order valence-electron chi connectivity index (χ2n) is 2.51. The second kappa shape index (κ2) is 4.60. The molecule has 1 amide bonds. The summed E-state index contributed by atoms with van der Waals surface area (Å²) in [6.45, 7) is 3.42. The predicted molar refractivity (Wildman–Crippen MR) is 54.0 cm³/mol. The molecule has 0 saturated carbocycles. The first-order chi connectivity index (χ1) is 6.74. The second-order valence-corrected chi connectivity index (χ2v) is 2.51. The zero-order valence-electron chi connectivity index (χ0n) is 7.42. The first-order valence-corrected chi connectivity index (χ1v) is 3.91. The maximum absolute atomic E-state index is 11.1. The molecule has 0 saturated heterocycles. The van der Waals surface area contributed by atoms with Crippen LogP contribution in [-0.4, -0.2) is 23.6 Å². The average Bonchev–Trinajstić information content (AvgIpc) is 2.20. The topological polar surface area (TPSA) is 60.8 Å². The fourth-order valence-corrected chi connectivity index (χ4v) is 1.20. The minimum atomic E-state index is -0.0573. The molecular formula is C9H9BNO3. The van der Waals surface area contributed by atoms with Gasteiger partial charge < -0.3 is 10.0 Å². The predicted octanol–water partition coefficient (Wildman–Crippen LogP) is 0.356. The van der Waals surface area contributed by atoms with E-state index in [0.29, 0.717) is 0 Å². The van der Waals surface area contributed by atoms with Gasteiger partial charge in [0.1, 0.15) is 0 Å². The molecule has 3 rings (SSSR count). The molecule has 1 aromatic rings. The molecule has 1 aromatic carbocycles. The smallest absolute Gasteiger partial charge is 0.429 e. The van der Waals surface area contributed by atoms with Crippen molar-refractivity contribution >= 4 is 25.0 Å². The summed E-state index contributed by atoms with van der Waals surface area (Å²) in [5.74, 6) is -0.0573. The monoisotopic (exact) mass is 190 g/mol. The van der Waals surface area contributed by atoms with Gasteiger partial charge in [-0.2, -0.15) is 0 Å². The average molecular weight is 190 g/mol. The fourth-order valence-electron chi connectivity index (χ4n) is 1.20. The molecule has 0 spiro atoms. The van der Waals surface area contributed by atoms with Crippen LogP contribution in [0.1, 0.15) is 0 Å². The normalized spacial score (nSPS) is 10.6. The summed E-state index contributed by atoms with van der Waals surface area (Å²) < 4.78 is 0. The third kappa shape index (κ3) is 1.84. The van der Waals surface area contributed by atoms with Crippen molar-refractivity contribution < 1.29 is 14.8 Å². The number of hydrogen-bond acceptors (Lipinski definition) is 3. The number of anilines is 2. The number of hydrogen-bond donors (Lipinski definition) is 2. The van der Waals surface area contributed by atoms with Crippen LogP contribution in [0.3, 0.4) is 0 Å². The number of amides is 1. The van der Waals surface area contributed by atoms with Crippen LogP contribution in [0, 0.1) is 0 Å². The van der Waals surface area contributed by atoms with E-state index in [-0.39, 0.29) is 13.6 Å². The van der Waals surface area contributed by atoms with Crippen molar-refractivity contribution in [2.45, 2.75) is 0 Å². The van der Waals surface area contributed by atoms with E-state index in [1.807, 2.05) is 24.3 Å². The Morgan fingerprint density at radius 1 is 1.43 bits per heavy atom. The molecule has 1 radical (unpaired) electrons. The van der Waals surface area contributed by atoms with Crippen molar-refractivity contribution in [3.63, 3.8) is 0 Å². The highest BCUT2D eigenvalue weighted by Gasteiger charge is 2.22. The lowest BCUT2D eigenvalue weighted by Crippen LogP contribution is -2.28. The van der Waals surface area contributed by atoms with Crippen molar-refractivity contribution in [1.82, 2.24) is 0 Å². The highest BCUT2D eigenvalue weighted by molar-refractivity contribution is 6.13. The van der Waals surface area contributed by atoms with Crippen LogP contribution < -0.4 is 4.90 Å². The van der Waals surface area contributed by atoms with Crippen molar-refractivity contribution in [2.75, 3.05) is 4.90 Å². The van der Waals surface area contributed by atoms with Gasteiger partial charge in [-0.1, -0.05) is 12.6 Å². The zero-order chi connectivity index (χ0) is 10.6. The van der Waals surface area contributed by atoms with Crippen LogP contribution in [0.4, 0.5) is 11.4 Å². The molecule has 0 unspecified atom stereocenters. The van der Waals surface area contributed by atoms with Gasteiger partial charge in [0.15, 0.2) is 0 Å². The van der Waals surface area contributed by atoms with E-state index in [0.717, 1.165) is 11.4 Å². The summed E-state index contributed by atoms with van der Waals surface area (Å²) >= 11 is 0. The summed E-state index contributed by atoms with van der Waals surface area (Å²) in [5, 5.41) is 14.0. The molecule has 0 atom stereocenters. The van der Waals surface area contributed by atoms with E-state index in [9.17, 15) is 4.79 Å². The summed E-state index contributed by atoms with van der Waals surface area (Å²) in [6.07, 6.45) is 1.32. The maximum atomic E-state index is 11.1. The lowest BCUT2D eigenvalue weighted by molar-refractivity contribution is -0.113. The summed E-state index contributed by atoms with van der Waals surface area (Å²) in [6, 6.07) is 7.68. The maximum Gasteiger partial charge on any atom is 0.482 e. The van der Waals surface area contributed by atoms with Gasteiger partial charge in [-0.15, -0.1) is 0 Å². The SMILES string of the molecule is C=CC(=O)N1c2cccc1c2.O[B]O. The van der Waals surface area contributed by atoms with Gasteiger partial charge in [-0.05, 0) is 24.3 Å². The molecule has 2 bridgehead atoms. The Morgan fingerprint density at radius 2 is 1.93 bits per heavy atom. The molecule has 0 fully saturated rings.